The van der Waals surface area contributed by atoms with Crippen LogP contribution in [0.1, 0.15) is 20.3 Å². The molecule has 2 N–H and O–H groups in total. The van der Waals surface area contributed by atoms with Gasteiger partial charge in [0.25, 0.3) is 0 Å². The SMILES string of the molecule is CC(C)C[C@@H](NC(=O)Cn1ccc2cc(-c3cnc4ccccc4c3)ccc21)C(=O)O. The number of aliphatic carboxylic acids is 1. The summed E-state index contributed by atoms with van der Waals surface area (Å²) < 4.78 is 1.83. The van der Waals surface area contributed by atoms with Crippen molar-refractivity contribution in [1.82, 2.24) is 14.9 Å². The molecule has 2 aromatic heterocycles. The average molecular weight is 415 g/mol. The van der Waals surface area contributed by atoms with Crippen LogP contribution in [0.3, 0.4) is 0 Å². The Labute approximate surface area is 180 Å². The molecule has 158 valence electrons. The van der Waals surface area contributed by atoms with Gasteiger partial charge < -0.3 is 15.0 Å². The topological polar surface area (TPSA) is 84.2 Å². The van der Waals surface area contributed by atoms with E-state index in [9.17, 15) is 14.7 Å². The molecule has 2 heterocycles. The first-order valence-electron chi connectivity index (χ1n) is 10.4. The zero-order valence-electron chi connectivity index (χ0n) is 17.6. The minimum atomic E-state index is -1.01. The van der Waals surface area contributed by atoms with E-state index in [1.165, 1.54) is 0 Å². The van der Waals surface area contributed by atoms with Crippen molar-refractivity contribution in [3.05, 3.63) is 67.0 Å². The predicted octanol–water partition coefficient (Wildman–Crippen LogP) is 4.47. The summed E-state index contributed by atoms with van der Waals surface area (Å²) in [6, 6.07) is 17.3. The molecule has 31 heavy (non-hydrogen) atoms. The highest BCUT2D eigenvalue weighted by Gasteiger charge is 2.21. The third kappa shape index (κ3) is 4.58. The van der Waals surface area contributed by atoms with Crippen LogP contribution in [0.4, 0.5) is 0 Å². The van der Waals surface area contributed by atoms with Crippen LogP contribution in [0.25, 0.3) is 32.9 Å². The van der Waals surface area contributed by atoms with Crippen LogP contribution < -0.4 is 5.32 Å². The van der Waals surface area contributed by atoms with Crippen molar-refractivity contribution in [1.29, 1.82) is 0 Å². The number of amides is 1. The number of carboxylic acid groups (broad SMARTS) is 1. The Balaban J connectivity index is 1.54. The molecule has 4 rings (SSSR count). The highest BCUT2D eigenvalue weighted by molar-refractivity contribution is 5.90. The van der Waals surface area contributed by atoms with E-state index in [0.29, 0.717) is 6.42 Å². The molecule has 2 aromatic carbocycles. The second-order valence-corrected chi connectivity index (χ2v) is 8.22. The maximum Gasteiger partial charge on any atom is 0.326 e. The third-order valence-electron chi connectivity index (χ3n) is 5.35. The summed E-state index contributed by atoms with van der Waals surface area (Å²) in [5.74, 6) is -1.14. The van der Waals surface area contributed by atoms with Gasteiger partial charge in [0, 0.05) is 34.2 Å². The Morgan fingerprint density at radius 1 is 1.03 bits per heavy atom. The van der Waals surface area contributed by atoms with Crippen LogP contribution in [0, 0.1) is 5.92 Å². The number of rotatable bonds is 7. The number of fused-ring (bicyclic) bond motifs is 2. The molecule has 0 aliphatic carbocycles. The highest BCUT2D eigenvalue weighted by Crippen LogP contribution is 2.27. The smallest absolute Gasteiger partial charge is 0.326 e. The number of benzene rings is 2. The van der Waals surface area contributed by atoms with Gasteiger partial charge in [0.05, 0.1) is 5.52 Å². The van der Waals surface area contributed by atoms with Gasteiger partial charge in [0.1, 0.15) is 12.6 Å². The second-order valence-electron chi connectivity index (χ2n) is 8.22. The third-order valence-corrected chi connectivity index (χ3v) is 5.35. The maximum atomic E-state index is 12.5. The summed E-state index contributed by atoms with van der Waals surface area (Å²) in [6.07, 6.45) is 4.12. The lowest BCUT2D eigenvalue weighted by molar-refractivity contribution is -0.142. The number of nitrogens with one attached hydrogen (secondary N) is 1. The van der Waals surface area contributed by atoms with Crippen molar-refractivity contribution >= 4 is 33.7 Å². The fourth-order valence-corrected chi connectivity index (χ4v) is 3.83. The van der Waals surface area contributed by atoms with Gasteiger partial charge in [-0.15, -0.1) is 0 Å². The van der Waals surface area contributed by atoms with E-state index in [4.69, 9.17) is 0 Å². The summed E-state index contributed by atoms with van der Waals surface area (Å²) in [5.41, 5.74) is 3.96. The van der Waals surface area contributed by atoms with Crippen molar-refractivity contribution < 1.29 is 14.7 Å². The molecule has 0 aliphatic rings. The Morgan fingerprint density at radius 2 is 1.81 bits per heavy atom. The molecule has 0 bridgehead atoms. The number of hydrogen-bond donors (Lipinski definition) is 2. The van der Waals surface area contributed by atoms with Crippen LogP contribution in [0.5, 0.6) is 0 Å². The van der Waals surface area contributed by atoms with E-state index in [-0.39, 0.29) is 18.4 Å². The van der Waals surface area contributed by atoms with E-state index in [1.54, 1.807) is 0 Å². The Morgan fingerprint density at radius 3 is 2.58 bits per heavy atom. The molecule has 0 radical (unpaired) electrons. The number of nitrogens with zero attached hydrogens (tertiary/aromatic N) is 2. The number of carbonyl (C=O) groups is 2. The van der Waals surface area contributed by atoms with Crippen LogP contribution in [0.2, 0.25) is 0 Å². The van der Waals surface area contributed by atoms with E-state index in [0.717, 1.165) is 32.9 Å². The van der Waals surface area contributed by atoms with Crippen molar-refractivity contribution in [2.24, 2.45) is 5.92 Å². The first kappa shape index (κ1) is 20.6. The minimum absolute atomic E-state index is 0.0717. The number of hydrogen-bond acceptors (Lipinski definition) is 3. The number of aromatic nitrogens is 2. The van der Waals surface area contributed by atoms with Gasteiger partial charge in [-0.25, -0.2) is 4.79 Å². The lowest BCUT2D eigenvalue weighted by Gasteiger charge is -2.17. The fourth-order valence-electron chi connectivity index (χ4n) is 3.83. The quantitative estimate of drug-likeness (QED) is 0.466. The fraction of sp³-hybridized carbons (Fsp3) is 0.240. The van der Waals surface area contributed by atoms with Crippen molar-refractivity contribution in [2.45, 2.75) is 32.9 Å². The molecule has 6 nitrogen and oxygen atoms in total. The monoisotopic (exact) mass is 415 g/mol. The maximum absolute atomic E-state index is 12.5. The molecule has 6 heteroatoms. The van der Waals surface area contributed by atoms with Crippen molar-refractivity contribution in [3.8, 4) is 11.1 Å². The largest absolute Gasteiger partial charge is 0.480 e. The lowest BCUT2D eigenvalue weighted by Crippen LogP contribution is -2.43. The molecular formula is C25H25N3O3. The molecule has 0 saturated carbocycles. The van der Waals surface area contributed by atoms with Crippen molar-refractivity contribution in [2.75, 3.05) is 0 Å². The molecule has 1 amide bonds. The van der Waals surface area contributed by atoms with Gasteiger partial charge in [-0.05, 0) is 48.2 Å². The normalized spacial score (nSPS) is 12.4. The Kier molecular flexibility index (Phi) is 5.71. The Hall–Kier alpha value is -3.67. The summed E-state index contributed by atoms with van der Waals surface area (Å²) in [5, 5.41) is 14.1. The molecule has 0 unspecified atom stereocenters. The lowest BCUT2D eigenvalue weighted by atomic mass is 10.0. The number of para-hydroxylation sites is 1. The van der Waals surface area contributed by atoms with Crippen LogP contribution in [0.15, 0.2) is 67.0 Å². The van der Waals surface area contributed by atoms with Crippen LogP contribution >= 0.6 is 0 Å². The van der Waals surface area contributed by atoms with Gasteiger partial charge in [0.2, 0.25) is 5.91 Å². The van der Waals surface area contributed by atoms with E-state index >= 15 is 0 Å². The summed E-state index contributed by atoms with van der Waals surface area (Å²) >= 11 is 0. The molecule has 1 atom stereocenters. The van der Waals surface area contributed by atoms with Gasteiger partial charge >= 0.3 is 5.97 Å². The molecule has 0 fully saturated rings. The van der Waals surface area contributed by atoms with Gasteiger partial charge in [-0.2, -0.15) is 0 Å². The summed E-state index contributed by atoms with van der Waals surface area (Å²) in [6.45, 7) is 3.94. The molecule has 0 aliphatic heterocycles. The molecule has 0 saturated heterocycles. The summed E-state index contributed by atoms with van der Waals surface area (Å²) in [4.78, 5) is 28.4. The average Bonchev–Trinajstić information content (AvgIpc) is 3.14. The summed E-state index contributed by atoms with van der Waals surface area (Å²) in [7, 11) is 0. The predicted molar refractivity (Wildman–Crippen MR) is 122 cm³/mol. The standard InChI is InChI=1S/C25H25N3O3/c1-16(2)11-22(25(30)31)27-24(29)15-28-10-9-19-12-17(7-8-23(19)28)20-13-18-5-3-4-6-21(18)26-14-20/h3-10,12-14,16,22H,11,15H2,1-2H3,(H,27,29)(H,30,31)/t22-/m1/s1. The van der Waals surface area contributed by atoms with E-state index in [2.05, 4.69) is 22.4 Å². The number of carbonyl (C=O) groups excluding carboxylic acids is 1. The van der Waals surface area contributed by atoms with E-state index < -0.39 is 12.0 Å². The molecular weight excluding hydrogens is 390 g/mol. The second kappa shape index (κ2) is 8.60. The van der Waals surface area contributed by atoms with Gasteiger partial charge in [0.15, 0.2) is 0 Å². The number of pyridine rings is 1. The number of carboxylic acids is 1. The van der Waals surface area contributed by atoms with E-state index in [1.807, 2.05) is 73.3 Å². The van der Waals surface area contributed by atoms with Crippen molar-refractivity contribution in [3.63, 3.8) is 0 Å². The first-order chi connectivity index (χ1) is 14.9. The molecule has 0 spiro atoms. The van der Waals surface area contributed by atoms with Gasteiger partial charge in [-0.1, -0.05) is 38.1 Å². The van der Waals surface area contributed by atoms with Gasteiger partial charge in [-0.3, -0.25) is 9.78 Å². The van der Waals surface area contributed by atoms with Crippen LogP contribution in [-0.2, 0) is 16.1 Å². The first-order valence-corrected chi connectivity index (χ1v) is 10.4. The zero-order valence-corrected chi connectivity index (χ0v) is 17.6. The molecule has 4 aromatic rings. The Bertz CT molecular complexity index is 1260. The minimum Gasteiger partial charge on any atom is -0.480 e. The zero-order chi connectivity index (χ0) is 22.0. The van der Waals surface area contributed by atoms with Crippen LogP contribution in [-0.4, -0.2) is 32.6 Å². The highest BCUT2D eigenvalue weighted by atomic mass is 16.4.